The minimum absolute atomic E-state index is 0.218. The largest absolute Gasteiger partial charge is 0.317 e. The summed E-state index contributed by atoms with van der Waals surface area (Å²) in [5, 5.41) is 4.42. The molecule has 1 amide bonds. The molecule has 0 bridgehead atoms. The van der Waals surface area contributed by atoms with Crippen molar-refractivity contribution in [1.29, 1.82) is 0 Å². The zero-order chi connectivity index (χ0) is 19.0. The van der Waals surface area contributed by atoms with Crippen molar-refractivity contribution in [3.8, 4) is 0 Å². The first-order chi connectivity index (χ1) is 12.3. The van der Waals surface area contributed by atoms with E-state index in [-0.39, 0.29) is 11.9 Å². The van der Waals surface area contributed by atoms with Gasteiger partial charge in [0.05, 0.1) is 10.2 Å². The van der Waals surface area contributed by atoms with Crippen LogP contribution in [-0.4, -0.2) is 20.3 Å². The highest BCUT2D eigenvalue weighted by atomic mass is 32.1. The summed E-state index contributed by atoms with van der Waals surface area (Å²) in [6.07, 6.45) is 0. The molecule has 0 saturated heterocycles. The number of carbonyl (C=O) groups is 1. The molecule has 2 heterocycles. The third kappa shape index (κ3) is 3.38. The van der Waals surface area contributed by atoms with E-state index in [1.165, 1.54) is 5.56 Å². The lowest BCUT2D eigenvalue weighted by Gasteiger charge is -2.06. The van der Waals surface area contributed by atoms with E-state index in [9.17, 15) is 4.79 Å². The lowest BCUT2D eigenvalue weighted by Crippen LogP contribution is -2.16. The van der Waals surface area contributed by atoms with Gasteiger partial charge in [-0.3, -0.25) is 9.48 Å². The number of aryl methyl sites for hydroxylation is 2. The number of aromatic nitrogens is 3. The Labute approximate surface area is 158 Å². The number of carbonyl (C=O) groups excluding carboxylic acids is 1. The van der Waals surface area contributed by atoms with E-state index in [0.717, 1.165) is 27.3 Å². The Morgan fingerprint density at radius 1 is 1.23 bits per heavy atom. The molecule has 0 unspecified atom stereocenters. The summed E-state index contributed by atoms with van der Waals surface area (Å²) in [5.41, 5.74) is 3.79. The minimum Gasteiger partial charge on any atom is -0.317 e. The summed E-state index contributed by atoms with van der Waals surface area (Å²) >= 11 is 1.56. The Morgan fingerprint density at radius 3 is 2.54 bits per heavy atom. The summed E-state index contributed by atoms with van der Waals surface area (Å²) in [4.78, 5) is 17.8. The van der Waals surface area contributed by atoms with Crippen LogP contribution in [0.15, 0.2) is 29.3 Å². The molecule has 26 heavy (non-hydrogen) atoms. The number of fused-ring (bicyclic) bond motifs is 1. The Morgan fingerprint density at radius 2 is 1.96 bits per heavy atom. The van der Waals surface area contributed by atoms with Gasteiger partial charge in [0, 0.05) is 18.3 Å². The van der Waals surface area contributed by atoms with Gasteiger partial charge >= 0.3 is 0 Å². The van der Waals surface area contributed by atoms with Crippen molar-refractivity contribution in [3.63, 3.8) is 0 Å². The maximum atomic E-state index is 12.7. The Kier molecular flexibility index (Phi) is 5.14. The molecule has 3 rings (SSSR count). The Balaban J connectivity index is 2.08. The lowest BCUT2D eigenvalue weighted by molar-refractivity contribution is 0.0992. The molecule has 5 nitrogen and oxygen atoms in total. The van der Waals surface area contributed by atoms with Gasteiger partial charge in [0.25, 0.3) is 5.91 Å². The van der Waals surface area contributed by atoms with Crippen molar-refractivity contribution in [3.05, 3.63) is 46.0 Å². The molecule has 0 atom stereocenters. The zero-order valence-electron chi connectivity index (χ0n) is 16.3. The van der Waals surface area contributed by atoms with Gasteiger partial charge in [-0.15, -0.1) is 0 Å². The summed E-state index contributed by atoms with van der Waals surface area (Å²) < 4.78 is 5.11. The second kappa shape index (κ2) is 7.19. The van der Waals surface area contributed by atoms with Crippen LogP contribution in [-0.2, 0) is 6.54 Å². The molecule has 138 valence electrons. The van der Waals surface area contributed by atoms with Crippen LogP contribution in [0, 0.1) is 6.92 Å². The summed E-state index contributed by atoms with van der Waals surface area (Å²) in [7, 11) is 0. The maximum absolute atomic E-state index is 12.7. The maximum Gasteiger partial charge on any atom is 0.300 e. The molecule has 0 spiro atoms. The average molecular weight is 371 g/mol. The predicted molar refractivity (Wildman–Crippen MR) is 107 cm³/mol. The van der Waals surface area contributed by atoms with Gasteiger partial charge in [0.15, 0.2) is 10.5 Å². The molecule has 2 aromatic heterocycles. The van der Waals surface area contributed by atoms with Crippen LogP contribution in [0.5, 0.6) is 0 Å². The third-order valence-electron chi connectivity index (χ3n) is 4.52. The third-order valence-corrected chi connectivity index (χ3v) is 5.56. The fourth-order valence-electron chi connectivity index (χ4n) is 3.10. The number of hydrogen-bond donors (Lipinski definition) is 0. The molecule has 0 saturated carbocycles. The Hall–Kier alpha value is -2.21. The van der Waals surface area contributed by atoms with E-state index in [1.807, 2.05) is 17.7 Å². The second-order valence-electron chi connectivity index (χ2n) is 7.14. The van der Waals surface area contributed by atoms with Crippen molar-refractivity contribution in [2.24, 2.45) is 4.99 Å². The molecular formula is C20H26N4OS. The lowest BCUT2D eigenvalue weighted by atomic mass is 10.0. The first-order valence-corrected chi connectivity index (χ1v) is 9.92. The minimum atomic E-state index is -0.287. The summed E-state index contributed by atoms with van der Waals surface area (Å²) in [6, 6.07) is 8.53. The van der Waals surface area contributed by atoms with Gasteiger partial charge in [-0.2, -0.15) is 10.1 Å². The highest BCUT2D eigenvalue weighted by molar-refractivity contribution is 7.16. The van der Waals surface area contributed by atoms with E-state index in [1.54, 1.807) is 11.3 Å². The molecule has 0 aliphatic carbocycles. The molecular weight excluding hydrogens is 344 g/mol. The first-order valence-electron chi connectivity index (χ1n) is 9.10. The predicted octanol–water partition coefficient (Wildman–Crippen LogP) is 4.67. The van der Waals surface area contributed by atoms with Crippen LogP contribution in [0.4, 0.5) is 0 Å². The van der Waals surface area contributed by atoms with Gasteiger partial charge in [0.1, 0.15) is 0 Å². The SMILES string of the molecule is CCn1c(=NC(=O)c2cc(C)n(C(C)C)n2)sc2cc(C(C)C)ccc21. The quantitative estimate of drug-likeness (QED) is 0.670. The molecule has 1 aromatic carbocycles. The molecule has 3 aromatic rings. The number of hydrogen-bond acceptors (Lipinski definition) is 3. The molecule has 0 radical (unpaired) electrons. The van der Waals surface area contributed by atoms with Gasteiger partial charge in [0.2, 0.25) is 0 Å². The fraction of sp³-hybridized carbons (Fsp3) is 0.450. The zero-order valence-corrected chi connectivity index (χ0v) is 17.1. The summed E-state index contributed by atoms with van der Waals surface area (Å²) in [5.74, 6) is 0.187. The van der Waals surface area contributed by atoms with Crippen molar-refractivity contribution in [2.75, 3.05) is 0 Å². The smallest absolute Gasteiger partial charge is 0.300 e. The number of benzene rings is 1. The topological polar surface area (TPSA) is 52.2 Å². The molecule has 0 aliphatic heterocycles. The standard InChI is InChI=1S/C20H26N4OS/c1-7-23-17-9-8-15(12(2)3)11-18(17)26-20(23)21-19(25)16-10-14(6)24(22-16)13(4)5/h8-13H,7H2,1-6H3. The van der Waals surface area contributed by atoms with Crippen LogP contribution >= 0.6 is 11.3 Å². The monoisotopic (exact) mass is 370 g/mol. The van der Waals surface area contributed by atoms with Crippen molar-refractivity contribution >= 4 is 27.5 Å². The van der Waals surface area contributed by atoms with E-state index >= 15 is 0 Å². The van der Waals surface area contributed by atoms with Gasteiger partial charge < -0.3 is 4.57 Å². The number of amides is 1. The number of rotatable bonds is 4. The van der Waals surface area contributed by atoms with Crippen LogP contribution in [0.3, 0.4) is 0 Å². The molecule has 0 aliphatic rings. The van der Waals surface area contributed by atoms with Crippen LogP contribution in [0.2, 0.25) is 0 Å². The Bertz CT molecular complexity index is 1020. The van der Waals surface area contributed by atoms with Gasteiger partial charge in [-0.05, 0) is 57.4 Å². The highest BCUT2D eigenvalue weighted by Crippen LogP contribution is 2.23. The van der Waals surface area contributed by atoms with E-state index in [4.69, 9.17) is 0 Å². The van der Waals surface area contributed by atoms with E-state index in [0.29, 0.717) is 11.6 Å². The van der Waals surface area contributed by atoms with Crippen LogP contribution in [0.25, 0.3) is 10.2 Å². The summed E-state index contributed by atoms with van der Waals surface area (Å²) in [6.45, 7) is 13.3. The van der Waals surface area contributed by atoms with Crippen molar-refractivity contribution in [1.82, 2.24) is 14.3 Å². The van der Waals surface area contributed by atoms with Gasteiger partial charge in [-0.1, -0.05) is 31.3 Å². The van der Waals surface area contributed by atoms with Gasteiger partial charge in [-0.25, -0.2) is 0 Å². The normalized spacial score (nSPS) is 12.7. The number of thiazole rings is 1. The highest BCUT2D eigenvalue weighted by Gasteiger charge is 2.14. The van der Waals surface area contributed by atoms with Crippen molar-refractivity contribution in [2.45, 2.75) is 60.0 Å². The van der Waals surface area contributed by atoms with E-state index in [2.05, 4.69) is 67.5 Å². The molecule has 0 fully saturated rings. The van der Waals surface area contributed by atoms with Crippen LogP contribution in [0.1, 0.15) is 68.3 Å². The average Bonchev–Trinajstić information content (AvgIpc) is 3.13. The molecule has 6 heteroatoms. The van der Waals surface area contributed by atoms with E-state index < -0.39 is 0 Å². The first kappa shape index (κ1) is 18.6. The van der Waals surface area contributed by atoms with Crippen LogP contribution < -0.4 is 4.80 Å². The molecule has 0 N–H and O–H groups in total. The van der Waals surface area contributed by atoms with Crippen molar-refractivity contribution < 1.29 is 4.79 Å². The second-order valence-corrected chi connectivity index (χ2v) is 8.15. The fourth-order valence-corrected chi connectivity index (χ4v) is 4.24. The number of nitrogens with zero attached hydrogens (tertiary/aromatic N) is 4.